The molecule has 0 saturated heterocycles. The van der Waals surface area contributed by atoms with Crippen molar-refractivity contribution in [3.05, 3.63) is 141 Å². The molecule has 0 aromatic heterocycles. The Morgan fingerprint density at radius 1 is 0.730 bits per heavy atom. The summed E-state index contributed by atoms with van der Waals surface area (Å²) in [6.07, 6.45) is 4.68. The van der Waals surface area contributed by atoms with Crippen LogP contribution in [0.5, 0.6) is 0 Å². The van der Waals surface area contributed by atoms with E-state index in [0.29, 0.717) is 31.3 Å². The van der Waals surface area contributed by atoms with E-state index in [1.165, 1.54) is 11.1 Å². The van der Waals surface area contributed by atoms with Crippen molar-refractivity contribution in [2.24, 2.45) is 0 Å². The fourth-order valence-corrected chi connectivity index (χ4v) is 9.31. The summed E-state index contributed by atoms with van der Waals surface area (Å²) in [7, 11) is -2.69. The normalized spacial score (nSPS) is 16.0. The number of carbonyl (C=O) groups excluding carboxylic acids is 1. The summed E-state index contributed by atoms with van der Waals surface area (Å²) >= 11 is 3.70. The van der Waals surface area contributed by atoms with Gasteiger partial charge in [-0.1, -0.05) is 107 Å². The van der Waals surface area contributed by atoms with E-state index in [-0.39, 0.29) is 11.7 Å². The van der Waals surface area contributed by atoms with Crippen LogP contribution in [0.2, 0.25) is 0 Å². The Hall–Kier alpha value is -2.74. The van der Waals surface area contributed by atoms with Crippen LogP contribution in [0.15, 0.2) is 108 Å². The Kier molecular flexibility index (Phi) is 8.23. The van der Waals surface area contributed by atoms with Gasteiger partial charge >= 0.3 is 0 Å². The Morgan fingerprint density at radius 3 is 2.03 bits per heavy atom. The largest absolute Gasteiger partial charge is 0.323 e. The van der Waals surface area contributed by atoms with Crippen molar-refractivity contribution in [2.75, 3.05) is 6.16 Å². The van der Waals surface area contributed by atoms with Gasteiger partial charge in [0.2, 0.25) is 0 Å². The predicted molar refractivity (Wildman–Crippen MR) is 157 cm³/mol. The second-order valence-electron chi connectivity index (χ2n) is 10.2. The lowest BCUT2D eigenvalue weighted by Crippen LogP contribution is -2.17. The van der Waals surface area contributed by atoms with E-state index in [2.05, 4.69) is 64.5 Å². The molecule has 188 valence electrons. The average Bonchev–Trinajstić information content (AvgIpc) is 2.90. The lowest BCUT2D eigenvalue weighted by molar-refractivity contribution is 0.0979. The highest BCUT2D eigenvalue weighted by molar-refractivity contribution is 9.10. The number of carbonyl (C=O) groups is 1. The van der Waals surface area contributed by atoms with Gasteiger partial charge < -0.3 is 4.57 Å². The number of rotatable bonds is 6. The maximum atomic E-state index is 15.0. The summed E-state index contributed by atoms with van der Waals surface area (Å²) < 4.78 is 16.0. The Labute approximate surface area is 228 Å². The summed E-state index contributed by atoms with van der Waals surface area (Å²) in [5.74, 6) is 0.268. The molecule has 0 amide bonds. The van der Waals surface area contributed by atoms with Crippen LogP contribution >= 0.6 is 23.1 Å². The number of halogens is 1. The molecule has 0 spiro atoms. The molecule has 0 radical (unpaired) electrons. The molecule has 4 aromatic carbocycles. The van der Waals surface area contributed by atoms with E-state index in [1.807, 2.05) is 54.6 Å². The molecule has 0 saturated carbocycles. The van der Waals surface area contributed by atoms with E-state index < -0.39 is 7.14 Å². The molecule has 4 aromatic rings. The van der Waals surface area contributed by atoms with Gasteiger partial charge in [0.15, 0.2) is 5.78 Å². The zero-order valence-corrected chi connectivity index (χ0v) is 23.5. The van der Waals surface area contributed by atoms with Crippen LogP contribution in [-0.2, 0) is 29.7 Å². The first-order chi connectivity index (χ1) is 18.0. The van der Waals surface area contributed by atoms with E-state index >= 15 is 0 Å². The van der Waals surface area contributed by atoms with Gasteiger partial charge in [-0.05, 0) is 65.1 Å². The minimum atomic E-state index is -2.69. The molecule has 1 aliphatic rings. The minimum Gasteiger partial charge on any atom is -0.323 e. The predicted octanol–water partition coefficient (Wildman–Crippen LogP) is 9.06. The molecule has 1 unspecified atom stereocenters. The van der Waals surface area contributed by atoms with Gasteiger partial charge in [0.1, 0.15) is 0 Å². The second kappa shape index (κ2) is 11.8. The highest BCUT2D eigenvalue weighted by Gasteiger charge is 2.31. The topological polar surface area (TPSA) is 34.1 Å². The standard InChI is InChI=1S/C33H32BrO2P/c34-30-19-18-27-15-9-17-33(35)31-16-8-7-14-28(31)20-29(32(27)21-30)24-37(36,22-25-10-3-1-4-11-25)23-26-12-5-2-6-13-26/h1-8,10-14,16,18-19,21,29H,9,15,17,20,22-24H2. The highest BCUT2D eigenvalue weighted by Crippen LogP contribution is 2.56. The summed E-state index contributed by atoms with van der Waals surface area (Å²) in [5.41, 5.74) is 6.66. The van der Waals surface area contributed by atoms with Crippen molar-refractivity contribution in [1.82, 2.24) is 0 Å². The van der Waals surface area contributed by atoms with Gasteiger partial charge in [-0.15, -0.1) is 0 Å². The fraction of sp³-hybridized carbons (Fsp3) is 0.242. The molecule has 0 bridgehead atoms. The summed E-state index contributed by atoms with van der Waals surface area (Å²) in [4.78, 5) is 13.1. The van der Waals surface area contributed by atoms with Crippen LogP contribution in [0, 0.1) is 0 Å². The zero-order chi connectivity index (χ0) is 25.7. The van der Waals surface area contributed by atoms with Crippen molar-refractivity contribution in [3.63, 3.8) is 0 Å². The second-order valence-corrected chi connectivity index (χ2v) is 14.2. The number of Topliss-reactive ketones (excluding diaryl/α,β-unsaturated/α-hetero) is 1. The molecular formula is C33H32BrO2P. The molecule has 0 N–H and O–H groups in total. The Balaban J connectivity index is 1.59. The smallest absolute Gasteiger partial charge is 0.163 e. The average molecular weight is 571 g/mol. The quantitative estimate of drug-likeness (QED) is 0.217. The maximum absolute atomic E-state index is 15.0. The third kappa shape index (κ3) is 6.58. The minimum absolute atomic E-state index is 0.0535. The number of aryl methyl sites for hydroxylation is 1. The molecule has 4 heteroatoms. The maximum Gasteiger partial charge on any atom is 0.163 e. The monoisotopic (exact) mass is 570 g/mol. The molecule has 5 rings (SSSR count). The lowest BCUT2D eigenvalue weighted by Gasteiger charge is -2.28. The Bertz CT molecular complexity index is 1370. The third-order valence-electron chi connectivity index (χ3n) is 7.36. The van der Waals surface area contributed by atoms with Crippen molar-refractivity contribution in [1.29, 1.82) is 0 Å². The number of hydrogen-bond donors (Lipinski definition) is 0. The van der Waals surface area contributed by atoms with Gasteiger partial charge in [0.05, 0.1) is 7.14 Å². The van der Waals surface area contributed by atoms with E-state index in [0.717, 1.165) is 39.6 Å². The molecule has 0 fully saturated rings. The first kappa shape index (κ1) is 25.9. The highest BCUT2D eigenvalue weighted by atomic mass is 79.9. The zero-order valence-electron chi connectivity index (χ0n) is 21.0. The first-order valence-corrected chi connectivity index (χ1v) is 16.1. The first-order valence-electron chi connectivity index (χ1n) is 13.0. The molecular weight excluding hydrogens is 539 g/mol. The van der Waals surface area contributed by atoms with Gasteiger partial charge in [0, 0.05) is 34.9 Å². The van der Waals surface area contributed by atoms with E-state index in [9.17, 15) is 9.36 Å². The van der Waals surface area contributed by atoms with Crippen LogP contribution in [0.1, 0.15) is 56.9 Å². The molecule has 0 aliphatic heterocycles. The summed E-state index contributed by atoms with van der Waals surface area (Å²) in [6.45, 7) is 0. The van der Waals surface area contributed by atoms with Crippen molar-refractivity contribution >= 4 is 28.9 Å². The number of fused-ring (bicyclic) bond motifs is 2. The lowest BCUT2D eigenvalue weighted by atomic mass is 9.84. The SMILES string of the molecule is O=C1CCCc2ccc(Br)cc2C(CP(=O)(Cc2ccccc2)Cc2ccccc2)Cc2ccccc21. The molecule has 1 aliphatic carbocycles. The summed E-state index contributed by atoms with van der Waals surface area (Å²) in [5, 5.41) is 0. The van der Waals surface area contributed by atoms with Crippen molar-refractivity contribution in [3.8, 4) is 0 Å². The van der Waals surface area contributed by atoms with Crippen LogP contribution in [0.3, 0.4) is 0 Å². The van der Waals surface area contributed by atoms with Crippen LogP contribution in [0.4, 0.5) is 0 Å². The van der Waals surface area contributed by atoms with Gasteiger partial charge in [-0.3, -0.25) is 4.79 Å². The van der Waals surface area contributed by atoms with Crippen molar-refractivity contribution < 1.29 is 9.36 Å². The van der Waals surface area contributed by atoms with Gasteiger partial charge in [0.25, 0.3) is 0 Å². The van der Waals surface area contributed by atoms with E-state index in [1.54, 1.807) is 0 Å². The Morgan fingerprint density at radius 2 is 1.35 bits per heavy atom. The van der Waals surface area contributed by atoms with Gasteiger partial charge in [-0.25, -0.2) is 0 Å². The number of ketones is 1. The van der Waals surface area contributed by atoms with E-state index in [4.69, 9.17) is 0 Å². The van der Waals surface area contributed by atoms with Crippen molar-refractivity contribution in [2.45, 2.75) is 43.9 Å². The molecule has 0 heterocycles. The van der Waals surface area contributed by atoms with Gasteiger partial charge in [-0.2, -0.15) is 0 Å². The molecule has 2 nitrogen and oxygen atoms in total. The van der Waals surface area contributed by atoms with Crippen LogP contribution in [-0.4, -0.2) is 11.9 Å². The molecule has 37 heavy (non-hydrogen) atoms. The summed E-state index contributed by atoms with van der Waals surface area (Å²) in [6, 6.07) is 35.0. The third-order valence-corrected chi connectivity index (χ3v) is 10.8. The van der Waals surface area contributed by atoms with Crippen LogP contribution < -0.4 is 0 Å². The fourth-order valence-electron chi connectivity index (χ4n) is 5.68. The van der Waals surface area contributed by atoms with Crippen LogP contribution in [0.25, 0.3) is 0 Å². The number of hydrogen-bond acceptors (Lipinski definition) is 2. The number of benzene rings is 4. The molecule has 1 atom stereocenters.